The largest absolute Gasteiger partial charge is 0.480 e. The van der Waals surface area contributed by atoms with E-state index in [1.165, 1.54) is 0 Å². The van der Waals surface area contributed by atoms with Crippen LogP contribution in [0.2, 0.25) is 0 Å². The van der Waals surface area contributed by atoms with Crippen LogP contribution >= 0.6 is 0 Å². The van der Waals surface area contributed by atoms with E-state index in [2.05, 4.69) is 5.32 Å². The minimum Gasteiger partial charge on any atom is -0.480 e. The second kappa shape index (κ2) is 7.45. The second-order valence-electron chi connectivity index (χ2n) is 5.10. The Morgan fingerprint density at radius 1 is 1.42 bits per heavy atom. The van der Waals surface area contributed by atoms with Gasteiger partial charge in [0.1, 0.15) is 6.04 Å². The number of carboxylic acids is 1. The van der Waals surface area contributed by atoms with Crippen LogP contribution in [0.25, 0.3) is 0 Å². The molecule has 19 heavy (non-hydrogen) atoms. The van der Waals surface area contributed by atoms with Crippen molar-refractivity contribution in [2.45, 2.75) is 45.1 Å². The summed E-state index contributed by atoms with van der Waals surface area (Å²) < 4.78 is 5.24. The smallest absolute Gasteiger partial charge is 0.326 e. The van der Waals surface area contributed by atoms with E-state index in [9.17, 15) is 9.59 Å². The summed E-state index contributed by atoms with van der Waals surface area (Å²) in [5.41, 5.74) is 5.06. The SMILES string of the molecule is CCCC[C@H](NC(=O)C1(CN)CCOCC1)C(=O)O. The van der Waals surface area contributed by atoms with Crippen LogP contribution in [0.5, 0.6) is 0 Å². The minimum absolute atomic E-state index is 0.225. The number of ether oxygens (including phenoxy) is 1. The fraction of sp³-hybridized carbons (Fsp3) is 0.846. The highest BCUT2D eigenvalue weighted by Crippen LogP contribution is 2.29. The van der Waals surface area contributed by atoms with Gasteiger partial charge in [-0.3, -0.25) is 4.79 Å². The first kappa shape index (κ1) is 15.9. The molecular weight excluding hydrogens is 248 g/mol. The predicted octanol–water partition coefficient (Wildman–Crippen LogP) is 0.502. The topological polar surface area (TPSA) is 102 Å². The Morgan fingerprint density at radius 2 is 2.05 bits per heavy atom. The van der Waals surface area contributed by atoms with Crippen LogP contribution in [0.1, 0.15) is 39.0 Å². The van der Waals surface area contributed by atoms with Gasteiger partial charge in [-0.15, -0.1) is 0 Å². The van der Waals surface area contributed by atoms with Gasteiger partial charge >= 0.3 is 5.97 Å². The average Bonchev–Trinajstić information content (AvgIpc) is 2.43. The lowest BCUT2D eigenvalue weighted by molar-refractivity contribution is -0.145. The number of amides is 1. The zero-order valence-corrected chi connectivity index (χ0v) is 11.5. The number of rotatable bonds is 7. The summed E-state index contributed by atoms with van der Waals surface area (Å²) in [4.78, 5) is 23.5. The van der Waals surface area contributed by atoms with Gasteiger partial charge in [-0.25, -0.2) is 4.79 Å². The molecule has 6 nitrogen and oxygen atoms in total. The standard InChI is InChI=1S/C13H24N2O4/c1-2-3-4-10(11(16)17)15-12(18)13(9-14)5-7-19-8-6-13/h10H,2-9,14H2,1H3,(H,15,18)(H,16,17)/t10-/m0/s1. The highest BCUT2D eigenvalue weighted by atomic mass is 16.5. The van der Waals surface area contributed by atoms with E-state index in [0.29, 0.717) is 32.5 Å². The van der Waals surface area contributed by atoms with Crippen molar-refractivity contribution in [3.05, 3.63) is 0 Å². The molecule has 1 rings (SSSR count). The Kier molecular flexibility index (Phi) is 6.24. The number of nitrogens with one attached hydrogen (secondary N) is 1. The molecule has 1 atom stereocenters. The number of nitrogens with two attached hydrogens (primary N) is 1. The van der Waals surface area contributed by atoms with Gasteiger partial charge in [0.2, 0.25) is 5.91 Å². The highest BCUT2D eigenvalue weighted by molar-refractivity contribution is 5.87. The van der Waals surface area contributed by atoms with E-state index in [1.807, 2.05) is 6.92 Å². The Labute approximate surface area is 113 Å². The molecule has 1 aliphatic heterocycles. The molecule has 6 heteroatoms. The first-order valence-electron chi connectivity index (χ1n) is 6.87. The number of carbonyl (C=O) groups excluding carboxylic acids is 1. The number of hydrogen-bond acceptors (Lipinski definition) is 4. The van der Waals surface area contributed by atoms with Crippen molar-refractivity contribution < 1.29 is 19.4 Å². The van der Waals surface area contributed by atoms with Crippen molar-refractivity contribution in [1.82, 2.24) is 5.32 Å². The van der Waals surface area contributed by atoms with Crippen LogP contribution in [-0.4, -0.2) is 42.8 Å². The number of carbonyl (C=O) groups is 2. The second-order valence-corrected chi connectivity index (χ2v) is 5.10. The molecule has 0 aromatic rings. The van der Waals surface area contributed by atoms with Crippen LogP contribution in [0.3, 0.4) is 0 Å². The first-order valence-corrected chi connectivity index (χ1v) is 6.87. The molecule has 0 spiro atoms. The summed E-state index contributed by atoms with van der Waals surface area (Å²) in [7, 11) is 0. The van der Waals surface area contributed by atoms with Crippen LogP contribution in [0.15, 0.2) is 0 Å². The fourth-order valence-electron chi connectivity index (χ4n) is 2.26. The third-order valence-electron chi connectivity index (χ3n) is 3.77. The van der Waals surface area contributed by atoms with Crippen molar-refractivity contribution in [2.75, 3.05) is 19.8 Å². The molecule has 1 aliphatic rings. The highest BCUT2D eigenvalue weighted by Gasteiger charge is 2.40. The Balaban J connectivity index is 2.65. The Morgan fingerprint density at radius 3 is 2.53 bits per heavy atom. The van der Waals surface area contributed by atoms with E-state index in [-0.39, 0.29) is 12.5 Å². The zero-order valence-electron chi connectivity index (χ0n) is 11.5. The monoisotopic (exact) mass is 272 g/mol. The van der Waals surface area contributed by atoms with E-state index in [0.717, 1.165) is 12.8 Å². The molecule has 0 unspecified atom stereocenters. The molecule has 1 fully saturated rings. The fourth-order valence-corrected chi connectivity index (χ4v) is 2.26. The third-order valence-corrected chi connectivity index (χ3v) is 3.77. The molecule has 110 valence electrons. The number of unbranched alkanes of at least 4 members (excludes halogenated alkanes) is 1. The normalized spacial score (nSPS) is 19.7. The van der Waals surface area contributed by atoms with Crippen molar-refractivity contribution in [3.8, 4) is 0 Å². The van der Waals surface area contributed by atoms with E-state index < -0.39 is 17.4 Å². The molecule has 1 amide bonds. The Bertz CT molecular complexity index is 314. The zero-order chi connectivity index (χ0) is 14.3. The van der Waals surface area contributed by atoms with Crippen molar-refractivity contribution >= 4 is 11.9 Å². The molecule has 1 saturated heterocycles. The van der Waals surface area contributed by atoms with Crippen LogP contribution in [-0.2, 0) is 14.3 Å². The number of aliphatic carboxylic acids is 1. The minimum atomic E-state index is -0.985. The lowest BCUT2D eigenvalue weighted by Crippen LogP contribution is -2.53. The van der Waals surface area contributed by atoms with E-state index >= 15 is 0 Å². The lowest BCUT2D eigenvalue weighted by Gasteiger charge is -2.35. The van der Waals surface area contributed by atoms with Gasteiger partial charge in [0.15, 0.2) is 0 Å². The van der Waals surface area contributed by atoms with Gasteiger partial charge in [-0.2, -0.15) is 0 Å². The third kappa shape index (κ3) is 4.18. The molecule has 0 bridgehead atoms. The predicted molar refractivity (Wildman–Crippen MR) is 70.6 cm³/mol. The maximum Gasteiger partial charge on any atom is 0.326 e. The molecule has 0 saturated carbocycles. The van der Waals surface area contributed by atoms with Gasteiger partial charge in [-0.05, 0) is 19.3 Å². The molecule has 4 N–H and O–H groups in total. The Hall–Kier alpha value is -1.14. The van der Waals surface area contributed by atoms with Crippen LogP contribution in [0, 0.1) is 5.41 Å². The summed E-state index contributed by atoms with van der Waals surface area (Å²) in [6, 6.07) is -0.821. The number of hydrogen-bond donors (Lipinski definition) is 3. The molecule has 1 heterocycles. The van der Waals surface area contributed by atoms with E-state index in [4.69, 9.17) is 15.6 Å². The maximum absolute atomic E-state index is 12.3. The summed E-state index contributed by atoms with van der Waals surface area (Å²) in [6.45, 7) is 3.21. The van der Waals surface area contributed by atoms with E-state index in [1.54, 1.807) is 0 Å². The van der Waals surface area contributed by atoms with Gasteiger partial charge in [0.25, 0.3) is 0 Å². The average molecular weight is 272 g/mol. The molecule has 0 radical (unpaired) electrons. The molecular formula is C13H24N2O4. The first-order chi connectivity index (χ1) is 9.05. The van der Waals surface area contributed by atoms with Crippen LogP contribution in [0.4, 0.5) is 0 Å². The van der Waals surface area contributed by atoms with Crippen molar-refractivity contribution in [3.63, 3.8) is 0 Å². The summed E-state index contributed by atoms with van der Waals surface area (Å²) >= 11 is 0. The quantitative estimate of drug-likeness (QED) is 0.626. The van der Waals surface area contributed by atoms with Crippen molar-refractivity contribution in [2.24, 2.45) is 11.1 Å². The summed E-state index contributed by atoms with van der Waals surface area (Å²) in [6.07, 6.45) is 3.23. The van der Waals surface area contributed by atoms with Crippen molar-refractivity contribution in [1.29, 1.82) is 0 Å². The summed E-state index contributed by atoms with van der Waals surface area (Å²) in [5.74, 6) is -1.23. The maximum atomic E-state index is 12.3. The van der Waals surface area contributed by atoms with Crippen LogP contribution < -0.4 is 11.1 Å². The van der Waals surface area contributed by atoms with Gasteiger partial charge < -0.3 is 20.9 Å². The van der Waals surface area contributed by atoms with Gasteiger partial charge in [0.05, 0.1) is 5.41 Å². The van der Waals surface area contributed by atoms with Gasteiger partial charge in [-0.1, -0.05) is 19.8 Å². The summed E-state index contributed by atoms with van der Waals surface area (Å²) in [5, 5.41) is 11.8. The molecule has 0 aromatic heterocycles. The lowest BCUT2D eigenvalue weighted by atomic mass is 9.79. The van der Waals surface area contributed by atoms with Gasteiger partial charge in [0, 0.05) is 19.8 Å². The molecule has 0 aromatic carbocycles. The molecule has 0 aliphatic carbocycles. The number of carboxylic acid groups (broad SMARTS) is 1.